The maximum atomic E-state index is 5.28. The first-order valence-electron chi connectivity index (χ1n) is 6.03. The molecule has 16 heavy (non-hydrogen) atoms. The van der Waals surface area contributed by atoms with Crippen molar-refractivity contribution in [1.29, 1.82) is 0 Å². The van der Waals surface area contributed by atoms with Crippen LogP contribution in [0.15, 0.2) is 30.9 Å². The van der Waals surface area contributed by atoms with E-state index in [1.807, 2.05) is 52.8 Å². The van der Waals surface area contributed by atoms with Crippen LogP contribution in [0, 0.1) is 6.92 Å². The maximum Gasteiger partial charge on any atom is 0.125 e. The fraction of sp³-hybridized carbons (Fsp3) is 0.467. The minimum Gasteiger partial charge on any atom is -0.496 e. The van der Waals surface area contributed by atoms with Gasteiger partial charge in [-0.05, 0) is 24.5 Å². The number of aryl methyl sites for hydroxylation is 1. The van der Waals surface area contributed by atoms with Crippen LogP contribution in [0.2, 0.25) is 0 Å². The van der Waals surface area contributed by atoms with E-state index in [0.29, 0.717) is 0 Å². The molecule has 0 unspecified atom stereocenters. The zero-order valence-electron chi connectivity index (χ0n) is 11.6. The minimum absolute atomic E-state index is 0.866. The van der Waals surface area contributed by atoms with Crippen LogP contribution in [-0.2, 0) is 6.42 Å². The molecule has 0 atom stereocenters. The lowest BCUT2D eigenvalue weighted by Crippen LogP contribution is -1.92. The highest BCUT2D eigenvalue weighted by atomic mass is 16.5. The molecule has 1 rings (SSSR count). The van der Waals surface area contributed by atoms with Crippen LogP contribution in [0.5, 0.6) is 5.75 Å². The first-order chi connectivity index (χ1) is 7.79. The summed E-state index contributed by atoms with van der Waals surface area (Å²) < 4.78 is 5.28. The van der Waals surface area contributed by atoms with Gasteiger partial charge in [-0.2, -0.15) is 0 Å². The van der Waals surface area contributed by atoms with Gasteiger partial charge in [0.05, 0.1) is 7.11 Å². The van der Waals surface area contributed by atoms with E-state index < -0.39 is 0 Å². The van der Waals surface area contributed by atoms with Gasteiger partial charge in [0.2, 0.25) is 0 Å². The van der Waals surface area contributed by atoms with Crippen molar-refractivity contribution in [3.8, 4) is 5.75 Å². The molecule has 0 saturated carbocycles. The first-order valence-corrected chi connectivity index (χ1v) is 6.03. The Morgan fingerprint density at radius 2 is 1.75 bits per heavy atom. The van der Waals surface area contributed by atoms with Crippen molar-refractivity contribution >= 4 is 0 Å². The van der Waals surface area contributed by atoms with Crippen molar-refractivity contribution in [3.63, 3.8) is 0 Å². The van der Waals surface area contributed by atoms with Crippen molar-refractivity contribution in [3.05, 3.63) is 42.0 Å². The molecule has 0 heterocycles. The summed E-state index contributed by atoms with van der Waals surface area (Å²) in [5, 5.41) is 0. The molecule has 0 amide bonds. The van der Waals surface area contributed by atoms with Gasteiger partial charge in [-0.3, -0.25) is 0 Å². The lowest BCUT2D eigenvalue weighted by molar-refractivity contribution is 0.407. The van der Waals surface area contributed by atoms with E-state index in [4.69, 9.17) is 4.74 Å². The summed E-state index contributed by atoms with van der Waals surface area (Å²) in [6.45, 7) is 13.8. The van der Waals surface area contributed by atoms with E-state index in [0.717, 1.165) is 12.2 Å². The van der Waals surface area contributed by atoms with Gasteiger partial charge < -0.3 is 4.74 Å². The van der Waals surface area contributed by atoms with Crippen molar-refractivity contribution in [2.24, 2.45) is 0 Å². The van der Waals surface area contributed by atoms with Gasteiger partial charge in [-0.1, -0.05) is 52.0 Å². The Hall–Kier alpha value is -1.24. The predicted molar refractivity (Wildman–Crippen MR) is 74.3 cm³/mol. The van der Waals surface area contributed by atoms with E-state index in [2.05, 4.69) is 12.6 Å². The molecule has 0 bridgehead atoms. The van der Waals surface area contributed by atoms with Gasteiger partial charge in [-0.25, -0.2) is 0 Å². The van der Waals surface area contributed by atoms with E-state index in [1.165, 1.54) is 11.1 Å². The summed E-state index contributed by atoms with van der Waals surface area (Å²) in [7, 11) is 1.70. The lowest BCUT2D eigenvalue weighted by atomic mass is 10.1. The number of hydrogen-bond acceptors (Lipinski definition) is 1. The molecule has 1 nitrogen and oxygen atoms in total. The molecule has 0 saturated heterocycles. The SMILES string of the molecule is C=CCc1cccc(C)c1OC.CC.CC. The molecule has 1 aromatic carbocycles. The minimum atomic E-state index is 0.866. The molecule has 1 aromatic rings. The molecular weight excluding hydrogens is 196 g/mol. The summed E-state index contributed by atoms with van der Waals surface area (Å²) >= 11 is 0. The molecule has 0 radical (unpaired) electrons. The van der Waals surface area contributed by atoms with Crippen molar-refractivity contribution < 1.29 is 4.74 Å². The van der Waals surface area contributed by atoms with Crippen LogP contribution >= 0.6 is 0 Å². The third-order valence-electron chi connectivity index (χ3n) is 1.86. The fourth-order valence-electron chi connectivity index (χ4n) is 1.32. The van der Waals surface area contributed by atoms with Crippen LogP contribution in [0.3, 0.4) is 0 Å². The lowest BCUT2D eigenvalue weighted by Gasteiger charge is -2.08. The second-order valence-electron chi connectivity index (χ2n) is 2.76. The summed E-state index contributed by atoms with van der Waals surface area (Å²) in [5.41, 5.74) is 2.38. The summed E-state index contributed by atoms with van der Waals surface area (Å²) in [4.78, 5) is 0. The summed E-state index contributed by atoms with van der Waals surface area (Å²) in [6, 6.07) is 6.15. The number of para-hydroxylation sites is 1. The zero-order chi connectivity index (χ0) is 13.0. The smallest absolute Gasteiger partial charge is 0.125 e. The molecule has 0 N–H and O–H groups in total. The second kappa shape index (κ2) is 11.8. The highest BCUT2D eigenvalue weighted by Crippen LogP contribution is 2.23. The largest absolute Gasteiger partial charge is 0.496 e. The van der Waals surface area contributed by atoms with Gasteiger partial charge in [-0.15, -0.1) is 6.58 Å². The molecular formula is C15H26O. The number of hydrogen-bond donors (Lipinski definition) is 0. The third kappa shape index (κ3) is 5.59. The second-order valence-corrected chi connectivity index (χ2v) is 2.76. The molecule has 0 fully saturated rings. The molecule has 0 spiro atoms. The normalized spacial score (nSPS) is 7.88. The van der Waals surface area contributed by atoms with Gasteiger partial charge >= 0.3 is 0 Å². The Balaban J connectivity index is 0. The van der Waals surface area contributed by atoms with Crippen LogP contribution in [0.25, 0.3) is 0 Å². The van der Waals surface area contributed by atoms with Crippen molar-refractivity contribution in [2.75, 3.05) is 7.11 Å². The molecule has 0 aromatic heterocycles. The van der Waals surface area contributed by atoms with Gasteiger partial charge in [0.1, 0.15) is 5.75 Å². The van der Waals surface area contributed by atoms with Crippen LogP contribution in [0.1, 0.15) is 38.8 Å². The maximum absolute atomic E-state index is 5.28. The van der Waals surface area contributed by atoms with Gasteiger partial charge in [0.25, 0.3) is 0 Å². The average molecular weight is 222 g/mol. The van der Waals surface area contributed by atoms with E-state index in [-0.39, 0.29) is 0 Å². The predicted octanol–water partition coefficient (Wildman–Crippen LogP) is 4.78. The van der Waals surface area contributed by atoms with Crippen LogP contribution in [-0.4, -0.2) is 7.11 Å². The Bertz CT molecular complexity index is 277. The standard InChI is InChI=1S/C11H14O.2C2H6/c1-4-6-10-8-5-7-9(2)11(10)12-3;2*1-2/h4-5,7-8H,1,6H2,2-3H3;2*1-2H3. The van der Waals surface area contributed by atoms with Crippen molar-refractivity contribution in [1.82, 2.24) is 0 Å². The van der Waals surface area contributed by atoms with E-state index in [9.17, 15) is 0 Å². The average Bonchev–Trinajstić information content (AvgIpc) is 2.35. The molecule has 0 aliphatic carbocycles. The Morgan fingerprint density at radius 1 is 1.19 bits per heavy atom. The number of benzene rings is 1. The fourth-order valence-corrected chi connectivity index (χ4v) is 1.32. The van der Waals surface area contributed by atoms with Gasteiger partial charge in [0.15, 0.2) is 0 Å². The topological polar surface area (TPSA) is 9.23 Å². The van der Waals surface area contributed by atoms with E-state index in [1.54, 1.807) is 7.11 Å². The molecule has 92 valence electrons. The molecule has 1 heteroatoms. The Labute approximate surface area is 101 Å². The monoisotopic (exact) mass is 222 g/mol. The highest BCUT2D eigenvalue weighted by Gasteiger charge is 2.02. The van der Waals surface area contributed by atoms with E-state index >= 15 is 0 Å². The number of ether oxygens (including phenoxy) is 1. The Kier molecular flexibility index (Phi) is 12.7. The molecule has 0 aliphatic rings. The Morgan fingerprint density at radius 3 is 2.19 bits per heavy atom. The molecule has 0 aliphatic heterocycles. The van der Waals surface area contributed by atoms with Crippen LogP contribution < -0.4 is 4.74 Å². The first kappa shape index (κ1) is 17.2. The van der Waals surface area contributed by atoms with Gasteiger partial charge in [0, 0.05) is 0 Å². The number of rotatable bonds is 3. The summed E-state index contributed by atoms with van der Waals surface area (Å²) in [5.74, 6) is 0.984. The zero-order valence-corrected chi connectivity index (χ0v) is 11.6. The quantitative estimate of drug-likeness (QED) is 0.668. The van der Waals surface area contributed by atoms with Crippen LogP contribution in [0.4, 0.5) is 0 Å². The number of allylic oxidation sites excluding steroid dienone is 1. The summed E-state index contributed by atoms with van der Waals surface area (Å²) in [6.07, 6.45) is 2.75. The van der Waals surface area contributed by atoms with Crippen molar-refractivity contribution in [2.45, 2.75) is 41.0 Å². The highest BCUT2D eigenvalue weighted by molar-refractivity contribution is 5.41. The number of methoxy groups -OCH3 is 1. The third-order valence-corrected chi connectivity index (χ3v) is 1.86.